The average molecular weight is 390 g/mol. The highest BCUT2D eigenvalue weighted by Gasteiger charge is 2.24. The lowest BCUT2D eigenvalue weighted by molar-refractivity contribution is 0.0563. The summed E-state index contributed by atoms with van der Waals surface area (Å²) in [6.07, 6.45) is 0.620. The zero-order valence-electron chi connectivity index (χ0n) is 16.0. The van der Waals surface area contributed by atoms with Crippen molar-refractivity contribution in [1.29, 1.82) is 0 Å². The number of benzene rings is 2. The first-order valence-corrected chi connectivity index (χ1v) is 10.7. The molecular weight excluding hydrogens is 362 g/mol. The van der Waals surface area contributed by atoms with Gasteiger partial charge in [0.2, 0.25) is 0 Å². The van der Waals surface area contributed by atoms with Crippen molar-refractivity contribution in [2.45, 2.75) is 49.9 Å². The van der Waals surface area contributed by atoms with E-state index in [0.29, 0.717) is 18.5 Å². The minimum absolute atomic E-state index is 0.130. The van der Waals surface area contributed by atoms with Crippen LogP contribution in [0.1, 0.15) is 43.1 Å². The molecule has 2 aromatic carbocycles. The van der Waals surface area contributed by atoms with Crippen LogP contribution < -0.4 is 0 Å². The van der Waals surface area contributed by atoms with Gasteiger partial charge in [0.15, 0.2) is 9.84 Å². The molecule has 0 spiro atoms. The van der Waals surface area contributed by atoms with E-state index in [1.165, 1.54) is 12.1 Å². The number of sulfone groups is 1. The Hall–Kier alpha value is -2.18. The molecule has 0 aliphatic carbocycles. The van der Waals surface area contributed by atoms with E-state index in [4.69, 9.17) is 0 Å². The average Bonchev–Trinajstić information content (AvgIpc) is 2.68. The third-order valence-electron chi connectivity index (χ3n) is 4.63. The molecule has 0 aliphatic rings. The SMILES string of the molecule is CC[C@@H](CO)N(Cc1ccccc1)C(=O)c1ccc(S(=O)(=O)C(C)C)cc1. The van der Waals surface area contributed by atoms with Crippen LogP contribution in [-0.2, 0) is 16.4 Å². The van der Waals surface area contributed by atoms with Crippen LogP contribution in [0.15, 0.2) is 59.5 Å². The van der Waals surface area contributed by atoms with Gasteiger partial charge in [0.05, 0.1) is 22.8 Å². The van der Waals surface area contributed by atoms with Gasteiger partial charge in [0, 0.05) is 12.1 Å². The standard InChI is InChI=1S/C21H27NO4S/c1-4-19(15-23)22(14-17-8-6-5-7-9-17)21(24)18-10-12-20(13-11-18)27(25,26)16(2)3/h5-13,16,19,23H,4,14-15H2,1-3H3/t19-/m0/s1. The predicted octanol–water partition coefficient (Wildman–Crippen LogP) is 3.28. The van der Waals surface area contributed by atoms with Crippen molar-refractivity contribution in [3.63, 3.8) is 0 Å². The summed E-state index contributed by atoms with van der Waals surface area (Å²) < 4.78 is 24.5. The van der Waals surface area contributed by atoms with E-state index in [-0.39, 0.29) is 23.5 Å². The van der Waals surface area contributed by atoms with Crippen molar-refractivity contribution in [1.82, 2.24) is 4.90 Å². The van der Waals surface area contributed by atoms with E-state index in [2.05, 4.69) is 0 Å². The van der Waals surface area contributed by atoms with E-state index in [9.17, 15) is 18.3 Å². The summed E-state index contributed by atoms with van der Waals surface area (Å²) in [5.41, 5.74) is 1.37. The van der Waals surface area contributed by atoms with Gasteiger partial charge < -0.3 is 10.0 Å². The molecule has 6 heteroatoms. The number of nitrogens with zero attached hydrogens (tertiary/aromatic N) is 1. The highest BCUT2D eigenvalue weighted by molar-refractivity contribution is 7.92. The topological polar surface area (TPSA) is 74.7 Å². The summed E-state index contributed by atoms with van der Waals surface area (Å²) in [6.45, 7) is 5.43. The van der Waals surface area contributed by atoms with Crippen LogP contribution in [0.25, 0.3) is 0 Å². The van der Waals surface area contributed by atoms with Crippen LogP contribution in [0, 0.1) is 0 Å². The Morgan fingerprint density at radius 1 is 1.04 bits per heavy atom. The lowest BCUT2D eigenvalue weighted by atomic mass is 10.1. The molecule has 0 bridgehead atoms. The normalized spacial score (nSPS) is 12.8. The second kappa shape index (κ2) is 9.15. The molecule has 0 saturated carbocycles. The Balaban J connectivity index is 2.32. The number of carbonyl (C=O) groups is 1. The van der Waals surface area contributed by atoms with Crippen LogP contribution in [-0.4, -0.2) is 42.2 Å². The van der Waals surface area contributed by atoms with Gasteiger partial charge in [-0.1, -0.05) is 37.3 Å². The Morgan fingerprint density at radius 2 is 1.63 bits per heavy atom. The molecule has 1 atom stereocenters. The number of hydrogen-bond donors (Lipinski definition) is 1. The van der Waals surface area contributed by atoms with Gasteiger partial charge in [-0.15, -0.1) is 0 Å². The molecular formula is C21H27NO4S. The van der Waals surface area contributed by atoms with E-state index in [1.54, 1.807) is 30.9 Å². The minimum atomic E-state index is -3.38. The van der Waals surface area contributed by atoms with Crippen LogP contribution in [0.5, 0.6) is 0 Å². The Bertz CT molecular complexity index is 842. The quantitative estimate of drug-likeness (QED) is 0.752. The number of hydrogen-bond acceptors (Lipinski definition) is 4. The molecule has 1 N–H and O–H groups in total. The van der Waals surface area contributed by atoms with Crippen LogP contribution >= 0.6 is 0 Å². The molecule has 5 nitrogen and oxygen atoms in total. The number of aliphatic hydroxyl groups excluding tert-OH is 1. The fraction of sp³-hybridized carbons (Fsp3) is 0.381. The molecule has 2 rings (SSSR count). The third kappa shape index (κ3) is 4.96. The first kappa shape index (κ1) is 21.1. The zero-order chi connectivity index (χ0) is 20.0. The van der Waals surface area contributed by atoms with E-state index >= 15 is 0 Å². The van der Waals surface area contributed by atoms with Crippen molar-refractivity contribution in [3.05, 3.63) is 65.7 Å². The van der Waals surface area contributed by atoms with Crippen LogP contribution in [0.3, 0.4) is 0 Å². The molecule has 146 valence electrons. The predicted molar refractivity (Wildman–Crippen MR) is 106 cm³/mol. The fourth-order valence-corrected chi connectivity index (χ4v) is 3.88. The fourth-order valence-electron chi connectivity index (χ4n) is 2.82. The van der Waals surface area contributed by atoms with E-state index in [0.717, 1.165) is 5.56 Å². The number of aliphatic hydroxyl groups is 1. The maximum atomic E-state index is 13.1. The Labute approximate surface area is 161 Å². The highest BCUT2D eigenvalue weighted by Crippen LogP contribution is 2.19. The monoisotopic (exact) mass is 389 g/mol. The Morgan fingerprint density at radius 3 is 2.11 bits per heavy atom. The molecule has 0 radical (unpaired) electrons. The molecule has 0 saturated heterocycles. The second-order valence-electron chi connectivity index (χ2n) is 6.78. The molecule has 27 heavy (non-hydrogen) atoms. The van der Waals surface area contributed by atoms with Gasteiger partial charge >= 0.3 is 0 Å². The molecule has 0 unspecified atom stereocenters. The molecule has 0 aromatic heterocycles. The maximum Gasteiger partial charge on any atom is 0.254 e. The van der Waals surface area contributed by atoms with Crippen molar-refractivity contribution in [3.8, 4) is 0 Å². The van der Waals surface area contributed by atoms with E-state index in [1.807, 2.05) is 37.3 Å². The summed E-state index contributed by atoms with van der Waals surface area (Å²) in [5.74, 6) is -0.228. The zero-order valence-corrected chi connectivity index (χ0v) is 16.8. The summed E-state index contributed by atoms with van der Waals surface area (Å²) in [4.78, 5) is 14.9. The van der Waals surface area contributed by atoms with Gasteiger partial charge in [-0.05, 0) is 50.1 Å². The molecule has 1 amide bonds. The number of rotatable bonds is 8. The van der Waals surface area contributed by atoms with Gasteiger partial charge in [-0.25, -0.2) is 8.42 Å². The van der Waals surface area contributed by atoms with Crippen molar-refractivity contribution in [2.75, 3.05) is 6.61 Å². The van der Waals surface area contributed by atoms with Crippen LogP contribution in [0.2, 0.25) is 0 Å². The largest absolute Gasteiger partial charge is 0.394 e. The van der Waals surface area contributed by atoms with Gasteiger partial charge in [-0.2, -0.15) is 0 Å². The lowest BCUT2D eigenvalue weighted by Gasteiger charge is -2.30. The summed E-state index contributed by atoms with van der Waals surface area (Å²) in [6, 6.07) is 15.3. The maximum absolute atomic E-state index is 13.1. The van der Waals surface area contributed by atoms with Gasteiger partial charge in [0.25, 0.3) is 5.91 Å². The van der Waals surface area contributed by atoms with Crippen molar-refractivity contribution < 1.29 is 18.3 Å². The number of amides is 1. The third-order valence-corrected chi connectivity index (χ3v) is 6.80. The molecule has 0 fully saturated rings. The first-order chi connectivity index (χ1) is 12.8. The molecule has 2 aromatic rings. The first-order valence-electron chi connectivity index (χ1n) is 9.11. The van der Waals surface area contributed by atoms with Crippen molar-refractivity contribution >= 4 is 15.7 Å². The summed E-state index contributed by atoms with van der Waals surface area (Å²) in [7, 11) is -3.38. The molecule has 0 aliphatic heterocycles. The summed E-state index contributed by atoms with van der Waals surface area (Å²) >= 11 is 0. The number of carbonyl (C=O) groups excluding carboxylic acids is 1. The van der Waals surface area contributed by atoms with E-state index < -0.39 is 15.1 Å². The van der Waals surface area contributed by atoms with Gasteiger partial charge in [-0.3, -0.25) is 4.79 Å². The molecule has 0 heterocycles. The summed E-state index contributed by atoms with van der Waals surface area (Å²) in [5, 5.41) is 9.19. The Kier molecular flexibility index (Phi) is 7.16. The van der Waals surface area contributed by atoms with Crippen molar-refractivity contribution in [2.24, 2.45) is 0 Å². The van der Waals surface area contributed by atoms with Crippen LogP contribution in [0.4, 0.5) is 0 Å². The minimum Gasteiger partial charge on any atom is -0.394 e. The van der Waals surface area contributed by atoms with Gasteiger partial charge in [0.1, 0.15) is 0 Å². The second-order valence-corrected chi connectivity index (χ2v) is 9.29. The smallest absolute Gasteiger partial charge is 0.254 e. The highest BCUT2D eigenvalue weighted by atomic mass is 32.2. The lowest BCUT2D eigenvalue weighted by Crippen LogP contribution is -2.41.